The van der Waals surface area contributed by atoms with Gasteiger partial charge < -0.3 is 11.1 Å². The molecule has 3 atom stereocenters. The minimum atomic E-state index is 0.235. The molecule has 2 nitrogen and oxygen atoms in total. The lowest BCUT2D eigenvalue weighted by Gasteiger charge is -2.20. The summed E-state index contributed by atoms with van der Waals surface area (Å²) in [6, 6.07) is 2.92. The highest BCUT2D eigenvalue weighted by Crippen LogP contribution is 2.36. The molecule has 1 aromatic rings. The average molecular weight is 338 g/mol. The van der Waals surface area contributed by atoms with Crippen molar-refractivity contribution in [3.05, 3.63) is 19.8 Å². The van der Waals surface area contributed by atoms with Crippen molar-refractivity contribution in [1.29, 1.82) is 0 Å². The van der Waals surface area contributed by atoms with E-state index in [0.29, 0.717) is 12.6 Å². The molecule has 0 radical (unpaired) electrons. The summed E-state index contributed by atoms with van der Waals surface area (Å²) in [4.78, 5) is 1.23. The van der Waals surface area contributed by atoms with Gasteiger partial charge in [-0.1, -0.05) is 18.5 Å². The van der Waals surface area contributed by atoms with Crippen molar-refractivity contribution in [2.24, 2.45) is 11.7 Å². The molecular formula is C12H18BrClN2S. The molecule has 5 heteroatoms. The highest BCUT2D eigenvalue weighted by atomic mass is 79.9. The van der Waals surface area contributed by atoms with Gasteiger partial charge in [0.25, 0.3) is 0 Å². The zero-order valence-corrected chi connectivity index (χ0v) is 13.0. The van der Waals surface area contributed by atoms with E-state index in [0.717, 1.165) is 14.7 Å². The average Bonchev–Trinajstić information content (AvgIpc) is 2.83. The van der Waals surface area contributed by atoms with E-state index in [2.05, 4.69) is 34.2 Å². The van der Waals surface area contributed by atoms with Crippen LogP contribution in [0.4, 0.5) is 0 Å². The van der Waals surface area contributed by atoms with E-state index in [1.165, 1.54) is 24.1 Å². The van der Waals surface area contributed by atoms with Crippen LogP contribution in [-0.2, 0) is 0 Å². The van der Waals surface area contributed by atoms with E-state index in [-0.39, 0.29) is 6.04 Å². The summed E-state index contributed by atoms with van der Waals surface area (Å²) in [5.41, 5.74) is 5.86. The normalized spacial score (nSPS) is 26.4. The van der Waals surface area contributed by atoms with Gasteiger partial charge in [0.2, 0.25) is 0 Å². The van der Waals surface area contributed by atoms with Crippen LogP contribution in [-0.4, -0.2) is 12.6 Å². The Labute approximate surface area is 120 Å². The van der Waals surface area contributed by atoms with Crippen molar-refractivity contribution >= 4 is 38.9 Å². The van der Waals surface area contributed by atoms with Gasteiger partial charge in [-0.3, -0.25) is 0 Å². The van der Waals surface area contributed by atoms with Gasteiger partial charge >= 0.3 is 0 Å². The number of rotatable bonds is 4. The zero-order chi connectivity index (χ0) is 12.4. The third-order valence-corrected chi connectivity index (χ3v) is 5.96. The third kappa shape index (κ3) is 3.44. The molecule has 1 aliphatic rings. The molecule has 0 saturated heterocycles. The number of hydrogen-bond acceptors (Lipinski definition) is 3. The molecule has 0 aromatic carbocycles. The Kier molecular flexibility index (Phi) is 4.89. The van der Waals surface area contributed by atoms with Crippen LogP contribution in [0.25, 0.3) is 0 Å². The van der Waals surface area contributed by atoms with Gasteiger partial charge in [0.05, 0.1) is 6.04 Å². The van der Waals surface area contributed by atoms with Crippen LogP contribution >= 0.6 is 38.9 Å². The molecule has 0 spiro atoms. The number of thiophene rings is 1. The fourth-order valence-electron chi connectivity index (χ4n) is 2.44. The van der Waals surface area contributed by atoms with Gasteiger partial charge in [-0.05, 0) is 47.2 Å². The maximum atomic E-state index is 6.07. The first-order chi connectivity index (χ1) is 8.10. The highest BCUT2D eigenvalue weighted by molar-refractivity contribution is 9.10. The van der Waals surface area contributed by atoms with E-state index in [9.17, 15) is 0 Å². The first-order valence-corrected chi connectivity index (χ1v) is 7.99. The van der Waals surface area contributed by atoms with E-state index >= 15 is 0 Å². The van der Waals surface area contributed by atoms with Crippen LogP contribution in [0.5, 0.6) is 0 Å². The minimum Gasteiger partial charge on any atom is -0.329 e. The lowest BCUT2D eigenvalue weighted by atomic mass is 10.1. The van der Waals surface area contributed by atoms with Gasteiger partial charge in [0, 0.05) is 21.9 Å². The maximum absolute atomic E-state index is 6.07. The topological polar surface area (TPSA) is 38.0 Å². The third-order valence-electron chi connectivity index (χ3n) is 3.38. The molecule has 1 saturated carbocycles. The second-order valence-electron chi connectivity index (χ2n) is 4.84. The molecule has 2 rings (SSSR count). The Bertz CT molecular complexity index is 363. The molecular weight excluding hydrogens is 320 g/mol. The Morgan fingerprint density at radius 1 is 1.65 bits per heavy atom. The van der Waals surface area contributed by atoms with Crippen molar-refractivity contribution in [1.82, 2.24) is 5.32 Å². The van der Waals surface area contributed by atoms with Gasteiger partial charge in [0.15, 0.2) is 0 Å². The number of hydrogen-bond donors (Lipinski definition) is 2. The molecule has 1 aliphatic carbocycles. The van der Waals surface area contributed by atoms with E-state index < -0.39 is 0 Å². The first kappa shape index (κ1) is 13.8. The van der Waals surface area contributed by atoms with Crippen LogP contribution in [0.2, 0.25) is 4.34 Å². The largest absolute Gasteiger partial charge is 0.329 e. The summed E-state index contributed by atoms with van der Waals surface area (Å²) in [5, 5.41) is 3.66. The summed E-state index contributed by atoms with van der Waals surface area (Å²) in [5.74, 6) is 0.838. The second-order valence-corrected chi connectivity index (χ2v) is 7.38. The zero-order valence-electron chi connectivity index (χ0n) is 9.88. The van der Waals surface area contributed by atoms with Gasteiger partial charge in [-0.2, -0.15) is 0 Å². The molecule has 1 aromatic heterocycles. The summed E-state index contributed by atoms with van der Waals surface area (Å²) in [6.07, 6.45) is 3.85. The number of nitrogens with two attached hydrogens (primary N) is 1. The summed E-state index contributed by atoms with van der Waals surface area (Å²) >= 11 is 11.1. The van der Waals surface area contributed by atoms with E-state index in [4.69, 9.17) is 17.3 Å². The van der Waals surface area contributed by atoms with Crippen molar-refractivity contribution in [3.63, 3.8) is 0 Å². The summed E-state index contributed by atoms with van der Waals surface area (Å²) in [6.45, 7) is 2.94. The standard InChI is InChI=1S/C12H18BrClN2S/c1-7-2-3-8(4-7)16-10(6-15)11-5-9(13)12(14)17-11/h5,7-8,10,16H,2-4,6,15H2,1H3. The predicted octanol–water partition coefficient (Wildman–Crippen LogP) is 3.94. The van der Waals surface area contributed by atoms with Gasteiger partial charge in [0.1, 0.15) is 4.34 Å². The smallest absolute Gasteiger partial charge is 0.107 e. The summed E-state index contributed by atoms with van der Waals surface area (Å²) in [7, 11) is 0. The molecule has 17 heavy (non-hydrogen) atoms. The molecule has 0 aliphatic heterocycles. The molecule has 3 unspecified atom stereocenters. The lowest BCUT2D eigenvalue weighted by Crippen LogP contribution is -2.34. The molecule has 0 bridgehead atoms. The monoisotopic (exact) mass is 336 g/mol. The Morgan fingerprint density at radius 2 is 2.41 bits per heavy atom. The van der Waals surface area contributed by atoms with Crippen LogP contribution < -0.4 is 11.1 Å². The van der Waals surface area contributed by atoms with E-state index in [1.54, 1.807) is 11.3 Å². The quantitative estimate of drug-likeness (QED) is 0.873. The fourth-order valence-corrected chi connectivity index (χ4v) is 4.25. The summed E-state index contributed by atoms with van der Waals surface area (Å²) < 4.78 is 1.78. The molecule has 1 heterocycles. The Balaban J connectivity index is 2.01. The number of nitrogens with one attached hydrogen (secondary N) is 1. The Hall–Kier alpha value is 0.390. The first-order valence-electron chi connectivity index (χ1n) is 6.01. The SMILES string of the molecule is CC1CCC(NC(CN)c2cc(Br)c(Cl)s2)C1. The lowest BCUT2D eigenvalue weighted by molar-refractivity contribution is 0.438. The molecule has 3 N–H and O–H groups in total. The van der Waals surface area contributed by atoms with Crippen LogP contribution in [0.3, 0.4) is 0 Å². The molecule has 96 valence electrons. The minimum absolute atomic E-state index is 0.235. The highest BCUT2D eigenvalue weighted by Gasteiger charge is 2.24. The van der Waals surface area contributed by atoms with Crippen LogP contribution in [0.15, 0.2) is 10.5 Å². The second kappa shape index (κ2) is 6.02. The van der Waals surface area contributed by atoms with Crippen molar-refractivity contribution in [3.8, 4) is 0 Å². The Morgan fingerprint density at radius 3 is 2.88 bits per heavy atom. The van der Waals surface area contributed by atoms with E-state index in [1.807, 2.05) is 0 Å². The molecule has 1 fully saturated rings. The molecule has 0 amide bonds. The van der Waals surface area contributed by atoms with Crippen molar-refractivity contribution in [2.75, 3.05) is 6.54 Å². The number of halogens is 2. The van der Waals surface area contributed by atoms with Gasteiger partial charge in [-0.15, -0.1) is 11.3 Å². The van der Waals surface area contributed by atoms with Crippen molar-refractivity contribution < 1.29 is 0 Å². The van der Waals surface area contributed by atoms with Gasteiger partial charge in [-0.25, -0.2) is 0 Å². The predicted molar refractivity (Wildman–Crippen MR) is 78.8 cm³/mol. The van der Waals surface area contributed by atoms with Crippen LogP contribution in [0.1, 0.15) is 37.1 Å². The maximum Gasteiger partial charge on any atom is 0.107 e. The van der Waals surface area contributed by atoms with Crippen LogP contribution in [0, 0.1) is 5.92 Å². The van der Waals surface area contributed by atoms with Crippen molar-refractivity contribution in [2.45, 2.75) is 38.3 Å². The fraction of sp³-hybridized carbons (Fsp3) is 0.667.